The molecule has 2 atom stereocenters. The molecule has 2 rings (SSSR count). The minimum Gasteiger partial charge on any atom is -0.464 e. The highest BCUT2D eigenvalue weighted by Gasteiger charge is 2.18. The Morgan fingerprint density at radius 1 is 0.696 bits per heavy atom. The normalized spacial score (nSPS) is 15.1. The van der Waals surface area contributed by atoms with E-state index in [2.05, 4.69) is 39.6 Å². The fourth-order valence-corrected chi connectivity index (χ4v) is 9.54. The van der Waals surface area contributed by atoms with Crippen molar-refractivity contribution in [3.05, 3.63) is 24.4 Å². The van der Waals surface area contributed by atoms with Crippen LogP contribution >= 0.6 is 21.6 Å². The zero-order valence-corrected chi connectivity index (χ0v) is 37.9. The Morgan fingerprint density at radius 3 is 1.70 bits per heavy atom. The van der Waals surface area contributed by atoms with Crippen molar-refractivity contribution < 1.29 is 19.7 Å². The molecule has 1 saturated heterocycles. The Morgan fingerprint density at radius 2 is 1.20 bits per heavy atom. The number of aliphatic hydroxyl groups excluding tert-OH is 2. The van der Waals surface area contributed by atoms with Gasteiger partial charge in [-0.25, -0.2) is 4.98 Å². The number of hydrogen-bond acceptors (Lipinski definition) is 10. The second-order valence-corrected chi connectivity index (χ2v) is 18.9. The van der Waals surface area contributed by atoms with E-state index < -0.39 is 0 Å². The molecule has 56 heavy (non-hydrogen) atoms. The summed E-state index contributed by atoms with van der Waals surface area (Å²) >= 11 is 0. The summed E-state index contributed by atoms with van der Waals surface area (Å²) in [7, 11) is 3.61. The van der Waals surface area contributed by atoms with Crippen LogP contribution in [-0.4, -0.2) is 119 Å². The van der Waals surface area contributed by atoms with E-state index >= 15 is 0 Å². The maximum Gasteiger partial charge on any atom is 0.305 e. The number of aromatic nitrogens is 1. The molecule has 1 aliphatic rings. The smallest absolute Gasteiger partial charge is 0.305 e. The van der Waals surface area contributed by atoms with Gasteiger partial charge < -0.3 is 14.9 Å². The van der Waals surface area contributed by atoms with Gasteiger partial charge in [0.25, 0.3) is 0 Å². The summed E-state index contributed by atoms with van der Waals surface area (Å²) in [5.41, 5.74) is 0. The molecule has 1 aromatic rings. The van der Waals surface area contributed by atoms with E-state index in [1.165, 1.54) is 116 Å². The topological polar surface area (TPSA) is 89.4 Å². The molecule has 0 amide bonds. The summed E-state index contributed by atoms with van der Waals surface area (Å²) < 4.78 is 5.63. The van der Waals surface area contributed by atoms with Crippen LogP contribution < -0.4 is 0 Å². The molecular formula is C46H86N4O4S2. The molecule has 0 bridgehead atoms. The number of ether oxygens (including phenoxy) is 1. The first kappa shape index (κ1) is 51.3. The van der Waals surface area contributed by atoms with Crippen molar-refractivity contribution in [2.45, 2.75) is 192 Å². The van der Waals surface area contributed by atoms with Crippen LogP contribution in [-0.2, 0) is 9.53 Å². The molecule has 8 nitrogen and oxygen atoms in total. The number of carbonyl (C=O) groups excluding carboxylic acids is 1. The molecule has 326 valence electrons. The van der Waals surface area contributed by atoms with Crippen molar-refractivity contribution >= 4 is 27.6 Å². The minimum absolute atomic E-state index is 0.111. The predicted octanol–water partition coefficient (Wildman–Crippen LogP) is 10.8. The van der Waals surface area contributed by atoms with E-state index in [0.717, 1.165) is 95.1 Å². The zero-order valence-electron chi connectivity index (χ0n) is 36.2. The van der Waals surface area contributed by atoms with Gasteiger partial charge in [0.15, 0.2) is 0 Å². The second kappa shape index (κ2) is 37.1. The Balaban J connectivity index is 1.59. The lowest BCUT2D eigenvalue weighted by molar-refractivity contribution is -0.144. The lowest BCUT2D eigenvalue weighted by atomic mass is 10.0. The van der Waals surface area contributed by atoms with Gasteiger partial charge in [-0.3, -0.25) is 19.5 Å². The van der Waals surface area contributed by atoms with E-state index in [9.17, 15) is 15.0 Å². The monoisotopic (exact) mass is 823 g/mol. The molecule has 0 aliphatic carbocycles. The number of nitrogens with zero attached hydrogens (tertiary/aromatic N) is 4. The van der Waals surface area contributed by atoms with Gasteiger partial charge in [-0.15, -0.1) is 0 Å². The average Bonchev–Trinajstić information content (AvgIpc) is 3.20. The zero-order chi connectivity index (χ0) is 40.2. The Kier molecular flexibility index (Phi) is 34.0. The molecule has 2 N–H and O–H groups in total. The van der Waals surface area contributed by atoms with E-state index in [1.54, 1.807) is 10.8 Å². The predicted molar refractivity (Wildman–Crippen MR) is 242 cm³/mol. The molecule has 0 radical (unpaired) electrons. The molecule has 1 aliphatic heterocycles. The van der Waals surface area contributed by atoms with Crippen LogP contribution in [0.2, 0.25) is 0 Å². The van der Waals surface area contributed by atoms with Gasteiger partial charge in [-0.1, -0.05) is 159 Å². The average molecular weight is 823 g/mol. The third kappa shape index (κ3) is 30.2. The number of hydrogen-bond donors (Lipinski definition) is 2. The standard InChI is InChI=1S/C46H86N4O4S2/c1-3-5-7-9-11-13-15-17-19-21-27-43(51)41-50(42-44(52)28-22-20-18-16-14-12-10-8-6-4-2)32-26-24-30-46(53)54-39-37-48-33-35-49(36-34-48)38-40-55-56-45-29-23-25-31-47-45/h23,25,29,31,43-44,51-52H,3-22,24,26-28,30,32-42H2,1-2H3. The van der Waals surface area contributed by atoms with E-state index in [0.29, 0.717) is 26.1 Å². The summed E-state index contributed by atoms with van der Waals surface area (Å²) in [6.07, 6.45) is 30.8. The highest BCUT2D eigenvalue weighted by molar-refractivity contribution is 8.76. The Labute approximate surface area is 352 Å². The van der Waals surface area contributed by atoms with Crippen molar-refractivity contribution in [1.29, 1.82) is 0 Å². The molecular weight excluding hydrogens is 737 g/mol. The van der Waals surface area contributed by atoms with Gasteiger partial charge in [-0.2, -0.15) is 0 Å². The quantitative estimate of drug-likeness (QED) is 0.0380. The summed E-state index contributed by atoms with van der Waals surface area (Å²) in [4.78, 5) is 24.1. The molecule has 1 aromatic heterocycles. The van der Waals surface area contributed by atoms with Gasteiger partial charge in [0.1, 0.15) is 11.6 Å². The second-order valence-electron chi connectivity index (χ2n) is 16.4. The highest BCUT2D eigenvalue weighted by Crippen LogP contribution is 2.28. The first-order chi connectivity index (χ1) is 27.5. The maximum atomic E-state index is 12.6. The third-order valence-electron chi connectivity index (χ3n) is 11.2. The summed E-state index contributed by atoms with van der Waals surface area (Å²) in [5, 5.41) is 23.0. The fourth-order valence-electron chi connectivity index (χ4n) is 7.64. The van der Waals surface area contributed by atoms with E-state index in [1.807, 2.05) is 29.1 Å². The lowest BCUT2D eigenvalue weighted by Gasteiger charge is -2.34. The first-order valence-electron chi connectivity index (χ1n) is 23.4. The summed E-state index contributed by atoms with van der Waals surface area (Å²) in [6.45, 7) is 13.0. The van der Waals surface area contributed by atoms with Crippen molar-refractivity contribution in [3.63, 3.8) is 0 Å². The first-order valence-corrected chi connectivity index (χ1v) is 25.7. The minimum atomic E-state index is -0.365. The van der Waals surface area contributed by atoms with Crippen LogP contribution in [0.3, 0.4) is 0 Å². The van der Waals surface area contributed by atoms with Gasteiger partial charge in [0, 0.05) is 70.7 Å². The number of unbranched alkanes of at least 4 members (excludes halogenated alkanes) is 19. The molecule has 10 heteroatoms. The SMILES string of the molecule is CCCCCCCCCCCCC(O)CN(CCCCC(=O)OCCN1CCN(CCSSc2ccccn2)CC1)CC(O)CCCCCCCCCCCC. The number of pyridine rings is 1. The van der Waals surface area contributed by atoms with Gasteiger partial charge in [0.05, 0.1) is 12.2 Å². The van der Waals surface area contributed by atoms with Crippen molar-refractivity contribution in [1.82, 2.24) is 19.7 Å². The molecule has 0 saturated carbocycles. The number of carbonyl (C=O) groups is 1. The molecule has 1 fully saturated rings. The number of aliphatic hydroxyl groups is 2. The van der Waals surface area contributed by atoms with Crippen molar-refractivity contribution in [2.24, 2.45) is 0 Å². The Hall–Kier alpha value is -0.880. The van der Waals surface area contributed by atoms with Crippen LogP contribution in [0.25, 0.3) is 0 Å². The van der Waals surface area contributed by atoms with Gasteiger partial charge >= 0.3 is 5.97 Å². The third-order valence-corrected chi connectivity index (χ3v) is 13.5. The summed E-state index contributed by atoms with van der Waals surface area (Å²) in [5.74, 6) is 0.968. The van der Waals surface area contributed by atoms with E-state index in [-0.39, 0.29) is 18.2 Å². The van der Waals surface area contributed by atoms with Crippen molar-refractivity contribution in [3.8, 4) is 0 Å². The number of esters is 1. The van der Waals surface area contributed by atoms with Crippen LogP contribution in [0.1, 0.15) is 174 Å². The van der Waals surface area contributed by atoms with E-state index in [4.69, 9.17) is 4.74 Å². The lowest BCUT2D eigenvalue weighted by Crippen LogP contribution is -2.47. The van der Waals surface area contributed by atoms with Gasteiger partial charge in [0.2, 0.25) is 0 Å². The highest BCUT2D eigenvalue weighted by atomic mass is 33.1. The molecule has 0 spiro atoms. The molecule has 0 aromatic carbocycles. The van der Waals surface area contributed by atoms with Crippen LogP contribution in [0.5, 0.6) is 0 Å². The van der Waals surface area contributed by atoms with Gasteiger partial charge in [-0.05, 0) is 55.2 Å². The fraction of sp³-hybridized carbons (Fsp3) is 0.870. The molecule has 2 unspecified atom stereocenters. The van der Waals surface area contributed by atoms with Crippen LogP contribution in [0.15, 0.2) is 29.4 Å². The number of piperazine rings is 1. The number of rotatable bonds is 39. The van der Waals surface area contributed by atoms with Crippen LogP contribution in [0, 0.1) is 0 Å². The van der Waals surface area contributed by atoms with Crippen molar-refractivity contribution in [2.75, 3.05) is 71.3 Å². The molecule has 2 heterocycles. The maximum absolute atomic E-state index is 12.6. The summed E-state index contributed by atoms with van der Waals surface area (Å²) in [6, 6.07) is 6.03. The van der Waals surface area contributed by atoms with Crippen LogP contribution in [0.4, 0.5) is 0 Å². The largest absolute Gasteiger partial charge is 0.464 e. The Bertz CT molecular complexity index is 973.